The summed E-state index contributed by atoms with van der Waals surface area (Å²) in [5, 5.41) is 6.93. The van der Waals surface area contributed by atoms with E-state index in [4.69, 9.17) is 39.5 Å². The summed E-state index contributed by atoms with van der Waals surface area (Å²) in [6.07, 6.45) is 2.92. The fraction of sp³-hybridized carbons (Fsp3) is 0.0417. The van der Waals surface area contributed by atoms with Gasteiger partial charge in [-0.1, -0.05) is 77.3 Å². The molecule has 4 rings (SSSR count). The van der Waals surface area contributed by atoms with Crippen molar-refractivity contribution in [2.75, 3.05) is 0 Å². The van der Waals surface area contributed by atoms with Crippen molar-refractivity contribution in [2.45, 2.75) is 6.61 Å². The zero-order valence-corrected chi connectivity index (χ0v) is 18.8. The van der Waals surface area contributed by atoms with Gasteiger partial charge in [0.15, 0.2) is 5.75 Å². The summed E-state index contributed by atoms with van der Waals surface area (Å²) >= 11 is 18.7. The number of hydrogen-bond acceptors (Lipinski definition) is 4. The second-order valence-electron chi connectivity index (χ2n) is 6.78. The Balaban J connectivity index is 1.45. The molecule has 0 aliphatic heterocycles. The van der Waals surface area contributed by atoms with E-state index < -0.39 is 5.91 Å². The summed E-state index contributed by atoms with van der Waals surface area (Å²) in [6, 6.07) is 20.6. The van der Waals surface area contributed by atoms with Crippen LogP contribution in [0.15, 0.2) is 78.0 Å². The minimum Gasteiger partial charge on any atom is -0.486 e. The second kappa shape index (κ2) is 10.0. The van der Waals surface area contributed by atoms with E-state index in [-0.39, 0.29) is 10.7 Å². The molecule has 0 saturated carbocycles. The lowest BCUT2D eigenvalue weighted by Gasteiger charge is -2.12. The van der Waals surface area contributed by atoms with E-state index in [1.165, 1.54) is 12.4 Å². The number of nitrogens with one attached hydrogen (secondary N) is 1. The zero-order valence-electron chi connectivity index (χ0n) is 16.6. The summed E-state index contributed by atoms with van der Waals surface area (Å²) in [7, 11) is 0. The van der Waals surface area contributed by atoms with Gasteiger partial charge in [-0.05, 0) is 46.2 Å². The molecule has 0 spiro atoms. The molecular weight excluding hydrogens is 469 g/mol. The number of ether oxygens (including phenoxy) is 1. The zero-order chi connectivity index (χ0) is 22.5. The smallest absolute Gasteiger partial charge is 0.274 e. The third-order valence-corrected chi connectivity index (χ3v) is 5.52. The number of halogens is 3. The SMILES string of the molecule is O=C(NN=Cc1cc(Cl)c(OCc2cccc3ccccc23)c(Cl)c1)c1cccnc1Cl. The van der Waals surface area contributed by atoms with Gasteiger partial charge in [0.1, 0.15) is 11.8 Å². The second-order valence-corrected chi connectivity index (χ2v) is 7.95. The molecule has 3 aromatic carbocycles. The first-order valence-electron chi connectivity index (χ1n) is 9.55. The van der Waals surface area contributed by atoms with E-state index >= 15 is 0 Å². The maximum Gasteiger partial charge on any atom is 0.274 e. The third-order valence-electron chi connectivity index (χ3n) is 4.66. The van der Waals surface area contributed by atoms with Gasteiger partial charge in [-0.25, -0.2) is 10.4 Å². The van der Waals surface area contributed by atoms with Crippen LogP contribution in [0.4, 0.5) is 0 Å². The fourth-order valence-corrected chi connectivity index (χ4v) is 3.96. The van der Waals surface area contributed by atoms with Gasteiger partial charge in [0.25, 0.3) is 5.91 Å². The van der Waals surface area contributed by atoms with Crippen molar-refractivity contribution in [1.29, 1.82) is 0 Å². The number of pyridine rings is 1. The van der Waals surface area contributed by atoms with Crippen LogP contribution in [0.25, 0.3) is 10.8 Å². The normalized spacial score (nSPS) is 11.1. The summed E-state index contributed by atoms with van der Waals surface area (Å²) in [5.41, 5.74) is 4.23. The number of carbonyl (C=O) groups excluding carboxylic acids is 1. The van der Waals surface area contributed by atoms with Crippen molar-refractivity contribution >= 4 is 57.7 Å². The molecule has 8 heteroatoms. The third kappa shape index (κ3) is 5.02. The first kappa shape index (κ1) is 22.1. The van der Waals surface area contributed by atoms with Gasteiger partial charge in [0, 0.05) is 6.20 Å². The largest absolute Gasteiger partial charge is 0.486 e. The van der Waals surface area contributed by atoms with Gasteiger partial charge in [-0.3, -0.25) is 4.79 Å². The van der Waals surface area contributed by atoms with Gasteiger partial charge in [0.05, 0.1) is 21.8 Å². The lowest BCUT2D eigenvalue weighted by Crippen LogP contribution is -2.18. The lowest BCUT2D eigenvalue weighted by molar-refractivity contribution is 0.0955. The number of fused-ring (bicyclic) bond motifs is 1. The highest BCUT2D eigenvalue weighted by Crippen LogP contribution is 2.35. The molecule has 160 valence electrons. The molecule has 0 atom stereocenters. The van der Waals surface area contributed by atoms with Crippen LogP contribution in [0.3, 0.4) is 0 Å². The molecule has 4 aromatic rings. The Hall–Kier alpha value is -3.12. The van der Waals surface area contributed by atoms with Gasteiger partial charge >= 0.3 is 0 Å². The highest BCUT2D eigenvalue weighted by Gasteiger charge is 2.12. The monoisotopic (exact) mass is 483 g/mol. The fourth-order valence-electron chi connectivity index (χ4n) is 3.14. The number of hydrazone groups is 1. The Bertz CT molecular complexity index is 1300. The molecule has 0 aliphatic carbocycles. The standard InChI is InChI=1S/C24H16Cl3N3O2/c25-20-11-15(13-29-30-24(31)19-9-4-10-28-23(19)27)12-21(26)22(20)32-14-17-7-3-6-16-5-1-2-8-18(16)17/h1-13H,14H2,(H,30,31). The Morgan fingerprint density at radius 2 is 1.75 bits per heavy atom. The molecule has 1 amide bonds. The summed E-state index contributed by atoms with van der Waals surface area (Å²) in [4.78, 5) is 16.0. The van der Waals surface area contributed by atoms with Crippen molar-refractivity contribution in [2.24, 2.45) is 5.10 Å². The van der Waals surface area contributed by atoms with Crippen LogP contribution in [0, 0.1) is 0 Å². The van der Waals surface area contributed by atoms with Crippen LogP contribution in [0.5, 0.6) is 5.75 Å². The number of benzene rings is 3. The van der Waals surface area contributed by atoms with Gasteiger partial charge in [-0.15, -0.1) is 0 Å². The summed E-state index contributed by atoms with van der Waals surface area (Å²) < 4.78 is 5.93. The molecule has 1 heterocycles. The maximum atomic E-state index is 12.1. The number of carbonyl (C=O) groups is 1. The Kier molecular flexibility index (Phi) is 6.90. The molecule has 0 saturated heterocycles. The van der Waals surface area contributed by atoms with Gasteiger partial charge in [0.2, 0.25) is 0 Å². The highest BCUT2D eigenvalue weighted by atomic mass is 35.5. The quantitative estimate of drug-likeness (QED) is 0.192. The van der Waals surface area contributed by atoms with Crippen molar-refractivity contribution in [3.05, 3.63) is 105 Å². The predicted molar refractivity (Wildman–Crippen MR) is 129 cm³/mol. The van der Waals surface area contributed by atoms with Crippen LogP contribution in [-0.2, 0) is 6.61 Å². The van der Waals surface area contributed by atoms with E-state index in [1.54, 1.807) is 24.3 Å². The summed E-state index contributed by atoms with van der Waals surface area (Å²) in [5.74, 6) is -0.101. The molecule has 0 bridgehead atoms. The van der Waals surface area contributed by atoms with Crippen LogP contribution in [-0.4, -0.2) is 17.1 Å². The molecule has 0 aliphatic rings. The lowest BCUT2D eigenvalue weighted by atomic mass is 10.1. The first-order chi connectivity index (χ1) is 15.5. The topological polar surface area (TPSA) is 63.6 Å². The molecular formula is C24H16Cl3N3O2. The molecule has 0 unspecified atom stereocenters. The number of nitrogens with zero attached hydrogens (tertiary/aromatic N) is 2. The molecule has 1 aromatic heterocycles. The number of hydrogen-bond donors (Lipinski definition) is 1. The van der Waals surface area contributed by atoms with Crippen molar-refractivity contribution < 1.29 is 9.53 Å². The van der Waals surface area contributed by atoms with E-state index in [1.807, 2.05) is 42.5 Å². The predicted octanol–water partition coefficient (Wildman–Crippen LogP) is 6.54. The minimum absolute atomic E-state index is 0.0963. The van der Waals surface area contributed by atoms with E-state index in [0.717, 1.165) is 16.3 Å². The average molecular weight is 485 g/mol. The van der Waals surface area contributed by atoms with Crippen molar-refractivity contribution in [3.8, 4) is 5.75 Å². The number of amides is 1. The van der Waals surface area contributed by atoms with Crippen LogP contribution >= 0.6 is 34.8 Å². The van der Waals surface area contributed by atoms with Crippen LogP contribution in [0.1, 0.15) is 21.5 Å². The first-order valence-corrected chi connectivity index (χ1v) is 10.7. The molecule has 32 heavy (non-hydrogen) atoms. The minimum atomic E-state index is -0.480. The Labute approximate surface area is 199 Å². The van der Waals surface area contributed by atoms with E-state index in [9.17, 15) is 4.79 Å². The van der Waals surface area contributed by atoms with Crippen molar-refractivity contribution in [1.82, 2.24) is 10.4 Å². The number of rotatable bonds is 6. The van der Waals surface area contributed by atoms with Gasteiger partial charge < -0.3 is 4.74 Å². The van der Waals surface area contributed by atoms with E-state index in [2.05, 4.69) is 15.5 Å². The summed E-state index contributed by atoms with van der Waals surface area (Å²) in [6.45, 7) is 0.316. The molecule has 5 nitrogen and oxygen atoms in total. The van der Waals surface area contributed by atoms with E-state index in [0.29, 0.717) is 28.0 Å². The van der Waals surface area contributed by atoms with Crippen LogP contribution in [0.2, 0.25) is 15.2 Å². The average Bonchev–Trinajstić information content (AvgIpc) is 2.79. The molecule has 1 N–H and O–H groups in total. The maximum absolute atomic E-state index is 12.1. The Morgan fingerprint density at radius 3 is 2.53 bits per heavy atom. The van der Waals surface area contributed by atoms with Gasteiger partial charge in [-0.2, -0.15) is 5.10 Å². The van der Waals surface area contributed by atoms with Crippen molar-refractivity contribution in [3.63, 3.8) is 0 Å². The van der Waals surface area contributed by atoms with Crippen LogP contribution < -0.4 is 10.2 Å². The molecule has 0 radical (unpaired) electrons. The molecule has 0 fully saturated rings. The highest BCUT2D eigenvalue weighted by molar-refractivity contribution is 6.37. The number of aromatic nitrogens is 1. The Morgan fingerprint density at radius 1 is 1.00 bits per heavy atom.